The van der Waals surface area contributed by atoms with E-state index in [0.717, 1.165) is 49.7 Å². The number of ether oxygens (including phenoxy) is 1. The van der Waals surface area contributed by atoms with Gasteiger partial charge in [-0.05, 0) is 44.2 Å². The van der Waals surface area contributed by atoms with Crippen LogP contribution in [0.5, 0.6) is 0 Å². The molecule has 1 atom stereocenters. The molecule has 2 amide bonds. The maximum atomic E-state index is 13.4. The van der Waals surface area contributed by atoms with Gasteiger partial charge < -0.3 is 30.2 Å². The minimum atomic E-state index is -0.816. The van der Waals surface area contributed by atoms with Crippen LogP contribution in [0.15, 0.2) is 41.9 Å². The molecule has 1 aromatic heterocycles. The number of nitriles is 1. The zero-order valence-electron chi connectivity index (χ0n) is 19.8. The highest BCUT2D eigenvalue weighted by Crippen LogP contribution is 2.24. The van der Waals surface area contributed by atoms with E-state index >= 15 is 0 Å². The van der Waals surface area contributed by atoms with Crippen molar-refractivity contribution in [3.05, 3.63) is 41.9 Å². The van der Waals surface area contributed by atoms with Crippen molar-refractivity contribution >= 4 is 34.4 Å². The topological polar surface area (TPSA) is 131 Å². The SMILES string of the molecule is COC(=O)/C(C#N)=C(\Nc1cccc2cc[nH]c12)N[C@H]1CCCCN(CC(=O)N2CCCC2)C1=O. The second kappa shape index (κ2) is 11.0. The van der Waals surface area contributed by atoms with Crippen LogP contribution in [-0.4, -0.2) is 71.9 Å². The molecule has 184 valence electrons. The molecule has 10 heteroatoms. The number of likely N-dealkylation sites (tertiary alicyclic amines) is 2. The van der Waals surface area contributed by atoms with Crippen LogP contribution in [0, 0.1) is 11.3 Å². The Kier molecular flexibility index (Phi) is 7.55. The van der Waals surface area contributed by atoms with Crippen molar-refractivity contribution < 1.29 is 19.1 Å². The molecule has 0 unspecified atom stereocenters. The summed E-state index contributed by atoms with van der Waals surface area (Å²) in [6.45, 7) is 1.99. The first-order valence-corrected chi connectivity index (χ1v) is 11.9. The van der Waals surface area contributed by atoms with Crippen molar-refractivity contribution in [2.24, 2.45) is 0 Å². The van der Waals surface area contributed by atoms with E-state index in [1.807, 2.05) is 30.3 Å². The van der Waals surface area contributed by atoms with Gasteiger partial charge in [0.15, 0.2) is 5.57 Å². The number of anilines is 1. The fourth-order valence-electron chi connectivity index (χ4n) is 4.60. The largest absolute Gasteiger partial charge is 0.465 e. The van der Waals surface area contributed by atoms with Crippen LogP contribution in [0.1, 0.15) is 32.1 Å². The number of rotatable bonds is 7. The van der Waals surface area contributed by atoms with Crippen LogP contribution < -0.4 is 10.6 Å². The maximum Gasteiger partial charge on any atom is 0.352 e. The molecular weight excluding hydrogens is 448 g/mol. The Bertz CT molecular complexity index is 1170. The van der Waals surface area contributed by atoms with Gasteiger partial charge in [-0.1, -0.05) is 12.1 Å². The summed E-state index contributed by atoms with van der Waals surface area (Å²) in [5.74, 6) is -0.999. The normalized spacial score (nSPS) is 19.1. The predicted octanol–water partition coefficient (Wildman–Crippen LogP) is 2.08. The Balaban J connectivity index is 1.59. The van der Waals surface area contributed by atoms with Crippen LogP contribution in [0.3, 0.4) is 0 Å². The third kappa shape index (κ3) is 5.40. The Labute approximate surface area is 203 Å². The molecule has 0 saturated carbocycles. The molecule has 0 aliphatic carbocycles. The van der Waals surface area contributed by atoms with E-state index in [1.165, 1.54) is 7.11 Å². The number of amides is 2. The molecule has 2 aliphatic rings. The Morgan fingerprint density at radius 1 is 1.17 bits per heavy atom. The lowest BCUT2D eigenvalue weighted by atomic mass is 10.1. The van der Waals surface area contributed by atoms with Crippen LogP contribution >= 0.6 is 0 Å². The first kappa shape index (κ1) is 24.1. The minimum Gasteiger partial charge on any atom is -0.465 e. The number of aromatic amines is 1. The number of fused-ring (bicyclic) bond motifs is 1. The Morgan fingerprint density at radius 3 is 2.69 bits per heavy atom. The molecule has 3 N–H and O–H groups in total. The summed E-state index contributed by atoms with van der Waals surface area (Å²) in [6, 6.07) is 8.70. The van der Waals surface area contributed by atoms with Gasteiger partial charge in [0, 0.05) is 31.2 Å². The number of benzene rings is 1. The zero-order chi connectivity index (χ0) is 24.8. The Morgan fingerprint density at radius 2 is 1.94 bits per heavy atom. The van der Waals surface area contributed by atoms with Gasteiger partial charge in [-0.3, -0.25) is 9.59 Å². The molecule has 1 aromatic carbocycles. The molecule has 2 fully saturated rings. The van der Waals surface area contributed by atoms with E-state index in [4.69, 9.17) is 4.74 Å². The number of para-hydroxylation sites is 1. The van der Waals surface area contributed by atoms with E-state index in [0.29, 0.717) is 18.7 Å². The van der Waals surface area contributed by atoms with Gasteiger partial charge in [0.05, 0.1) is 24.9 Å². The van der Waals surface area contributed by atoms with Gasteiger partial charge in [0.25, 0.3) is 0 Å². The number of methoxy groups -OCH3 is 1. The summed E-state index contributed by atoms with van der Waals surface area (Å²) in [4.78, 5) is 45.1. The van der Waals surface area contributed by atoms with Gasteiger partial charge in [-0.2, -0.15) is 5.26 Å². The van der Waals surface area contributed by atoms with E-state index < -0.39 is 12.0 Å². The molecule has 35 heavy (non-hydrogen) atoms. The van der Waals surface area contributed by atoms with E-state index in [-0.39, 0.29) is 29.8 Å². The maximum absolute atomic E-state index is 13.4. The summed E-state index contributed by atoms with van der Waals surface area (Å²) in [5, 5.41) is 16.9. The number of carbonyl (C=O) groups excluding carboxylic acids is 3. The lowest BCUT2D eigenvalue weighted by molar-refractivity contribution is -0.140. The van der Waals surface area contributed by atoms with Gasteiger partial charge in [-0.25, -0.2) is 4.79 Å². The van der Waals surface area contributed by atoms with E-state index in [2.05, 4.69) is 15.6 Å². The molecule has 10 nitrogen and oxygen atoms in total. The van der Waals surface area contributed by atoms with Gasteiger partial charge in [0.2, 0.25) is 11.8 Å². The number of esters is 1. The minimum absolute atomic E-state index is 0.0351. The number of H-pyrrole nitrogens is 1. The van der Waals surface area contributed by atoms with Gasteiger partial charge in [-0.15, -0.1) is 0 Å². The predicted molar refractivity (Wildman–Crippen MR) is 130 cm³/mol. The van der Waals surface area contributed by atoms with E-state index in [1.54, 1.807) is 16.0 Å². The summed E-state index contributed by atoms with van der Waals surface area (Å²) >= 11 is 0. The first-order chi connectivity index (χ1) is 17.0. The van der Waals surface area contributed by atoms with Crippen molar-refractivity contribution in [1.29, 1.82) is 5.26 Å². The molecule has 3 heterocycles. The zero-order valence-corrected chi connectivity index (χ0v) is 19.8. The highest BCUT2D eigenvalue weighted by atomic mass is 16.5. The lowest BCUT2D eigenvalue weighted by Crippen LogP contribution is -2.49. The average Bonchev–Trinajstić information content (AvgIpc) is 3.54. The smallest absolute Gasteiger partial charge is 0.352 e. The lowest BCUT2D eigenvalue weighted by Gasteiger charge is -2.28. The van der Waals surface area contributed by atoms with E-state index in [9.17, 15) is 19.6 Å². The first-order valence-electron chi connectivity index (χ1n) is 11.9. The highest BCUT2D eigenvalue weighted by molar-refractivity contribution is 5.96. The summed E-state index contributed by atoms with van der Waals surface area (Å²) in [5.41, 5.74) is 1.15. The number of hydrogen-bond donors (Lipinski definition) is 3. The summed E-state index contributed by atoms with van der Waals surface area (Å²) in [7, 11) is 1.20. The standard InChI is InChI=1S/C25H30N6O4/c1-35-25(34)18(15-26)23(28-19-9-6-7-17-10-11-27-22(17)19)29-20-8-2-3-14-31(24(20)33)16-21(32)30-12-4-5-13-30/h6-7,9-11,20,27-29H,2-5,8,12-14,16H2,1H3/b23-18+/t20-/m0/s1. The number of nitrogens with one attached hydrogen (secondary N) is 3. The molecule has 2 aliphatic heterocycles. The van der Waals surface area contributed by atoms with Crippen molar-refractivity contribution in [2.45, 2.75) is 38.1 Å². The molecule has 0 spiro atoms. The number of hydrogen-bond acceptors (Lipinski definition) is 7. The molecule has 0 radical (unpaired) electrons. The third-order valence-electron chi connectivity index (χ3n) is 6.48. The second-order valence-electron chi connectivity index (χ2n) is 8.77. The average molecular weight is 479 g/mol. The number of aromatic nitrogens is 1. The molecular formula is C25H30N6O4. The van der Waals surface area contributed by atoms with Gasteiger partial charge in [0.1, 0.15) is 17.9 Å². The monoisotopic (exact) mass is 478 g/mol. The van der Waals surface area contributed by atoms with Crippen molar-refractivity contribution in [3.63, 3.8) is 0 Å². The number of carbonyl (C=O) groups is 3. The van der Waals surface area contributed by atoms with Crippen LogP contribution in [0.2, 0.25) is 0 Å². The van der Waals surface area contributed by atoms with Crippen molar-refractivity contribution in [1.82, 2.24) is 20.1 Å². The summed E-state index contributed by atoms with van der Waals surface area (Å²) in [6.07, 6.45) is 5.81. The van der Waals surface area contributed by atoms with Crippen molar-refractivity contribution in [2.75, 3.05) is 38.6 Å². The van der Waals surface area contributed by atoms with Crippen LogP contribution in [0.25, 0.3) is 10.9 Å². The molecule has 2 aromatic rings. The molecule has 4 rings (SSSR count). The van der Waals surface area contributed by atoms with Crippen LogP contribution in [-0.2, 0) is 19.1 Å². The van der Waals surface area contributed by atoms with Crippen molar-refractivity contribution in [3.8, 4) is 6.07 Å². The Hall–Kier alpha value is -4.00. The van der Waals surface area contributed by atoms with Crippen LogP contribution in [0.4, 0.5) is 5.69 Å². The quantitative estimate of drug-likeness (QED) is 0.315. The second-order valence-corrected chi connectivity index (χ2v) is 8.77. The third-order valence-corrected chi connectivity index (χ3v) is 6.48. The fourth-order valence-corrected chi connectivity index (χ4v) is 4.60. The highest BCUT2D eigenvalue weighted by Gasteiger charge is 2.31. The molecule has 2 saturated heterocycles. The number of nitrogens with zero attached hydrogens (tertiary/aromatic N) is 3. The van der Waals surface area contributed by atoms with Gasteiger partial charge >= 0.3 is 5.97 Å². The molecule has 0 bridgehead atoms. The summed E-state index contributed by atoms with van der Waals surface area (Å²) < 4.78 is 4.81. The fraction of sp³-hybridized carbons (Fsp3) is 0.440.